The largest absolute Gasteiger partial charge is 0.334 e. The number of carbonyl (C=O) groups excluding carboxylic acids is 2. The molecule has 2 fully saturated rings. The second kappa shape index (κ2) is 10.5. The lowest BCUT2D eigenvalue weighted by atomic mass is 9.83. The molecule has 1 aliphatic carbocycles. The summed E-state index contributed by atoms with van der Waals surface area (Å²) in [6.07, 6.45) is 6.27. The summed E-state index contributed by atoms with van der Waals surface area (Å²) in [4.78, 5) is 27.1. The van der Waals surface area contributed by atoms with Crippen LogP contribution >= 0.6 is 0 Å². The molecule has 1 atom stereocenters. The molecule has 1 heterocycles. The Kier molecular flexibility index (Phi) is 8.02. The normalized spacial score (nSPS) is 25.7. The van der Waals surface area contributed by atoms with Gasteiger partial charge in [-0.1, -0.05) is 30.3 Å². The highest BCUT2D eigenvalue weighted by molar-refractivity contribution is 7.88. The van der Waals surface area contributed by atoms with Gasteiger partial charge >= 0.3 is 0 Å². The van der Waals surface area contributed by atoms with Crippen LogP contribution in [-0.2, 0) is 25.4 Å². The fourth-order valence-corrected chi connectivity index (χ4v) is 5.78. The summed E-state index contributed by atoms with van der Waals surface area (Å²) in [6, 6.07) is 8.34. The van der Waals surface area contributed by atoms with Gasteiger partial charge in [-0.3, -0.25) is 9.59 Å². The molecule has 1 saturated carbocycles. The second-order valence-electron chi connectivity index (χ2n) is 8.69. The third-order valence-corrected chi connectivity index (χ3v) is 7.43. The number of ketones is 1. The van der Waals surface area contributed by atoms with E-state index in [0.717, 1.165) is 38.5 Å². The maximum atomic E-state index is 13.0. The number of sulfonamides is 1. The van der Waals surface area contributed by atoms with Gasteiger partial charge in [-0.25, -0.2) is 13.1 Å². The zero-order valence-corrected chi connectivity index (χ0v) is 18.3. The minimum Gasteiger partial charge on any atom is -0.334 e. The zero-order chi connectivity index (χ0) is 21.6. The maximum Gasteiger partial charge on any atom is 0.241 e. The number of nitrogens with zero attached hydrogens (tertiary/aromatic N) is 1. The summed E-state index contributed by atoms with van der Waals surface area (Å²) in [5.74, 6) is -0.0558. The first-order chi connectivity index (χ1) is 14.3. The zero-order valence-electron chi connectivity index (χ0n) is 17.5. The minimum absolute atomic E-state index is 0.0524. The van der Waals surface area contributed by atoms with Gasteiger partial charge in [0.05, 0.1) is 12.3 Å². The number of nitrogens with two attached hydrogens (primary N) is 1. The molecular formula is C22H33N3O4S. The van der Waals surface area contributed by atoms with E-state index in [1.165, 1.54) is 0 Å². The summed E-state index contributed by atoms with van der Waals surface area (Å²) in [5.41, 5.74) is 6.60. The van der Waals surface area contributed by atoms with Crippen LogP contribution in [0.15, 0.2) is 30.3 Å². The number of hydrogen-bond donors (Lipinski definition) is 2. The predicted octanol–water partition coefficient (Wildman–Crippen LogP) is 1.96. The highest BCUT2D eigenvalue weighted by Crippen LogP contribution is 2.26. The van der Waals surface area contributed by atoms with E-state index in [1.807, 2.05) is 6.07 Å². The number of amides is 1. The highest BCUT2D eigenvalue weighted by atomic mass is 32.2. The Balaban J connectivity index is 1.56. The molecule has 0 spiro atoms. The van der Waals surface area contributed by atoms with Crippen molar-refractivity contribution >= 4 is 21.7 Å². The Morgan fingerprint density at radius 2 is 1.77 bits per heavy atom. The van der Waals surface area contributed by atoms with Crippen LogP contribution in [0.3, 0.4) is 0 Å². The fraction of sp³-hybridized carbons (Fsp3) is 0.636. The smallest absolute Gasteiger partial charge is 0.241 e. The molecule has 0 radical (unpaired) electrons. The summed E-state index contributed by atoms with van der Waals surface area (Å²) >= 11 is 0. The minimum atomic E-state index is -3.66. The van der Waals surface area contributed by atoms with Gasteiger partial charge in [0.1, 0.15) is 6.04 Å². The summed E-state index contributed by atoms with van der Waals surface area (Å²) < 4.78 is 27.7. The van der Waals surface area contributed by atoms with Crippen LogP contribution in [0.2, 0.25) is 0 Å². The molecule has 30 heavy (non-hydrogen) atoms. The van der Waals surface area contributed by atoms with Gasteiger partial charge in [0.25, 0.3) is 0 Å². The van der Waals surface area contributed by atoms with E-state index in [9.17, 15) is 18.0 Å². The summed E-state index contributed by atoms with van der Waals surface area (Å²) in [5, 5.41) is 0. The molecule has 1 saturated heterocycles. The van der Waals surface area contributed by atoms with E-state index < -0.39 is 16.1 Å². The number of hydrogen-bond acceptors (Lipinski definition) is 5. The van der Waals surface area contributed by atoms with Crippen LogP contribution < -0.4 is 10.5 Å². The van der Waals surface area contributed by atoms with Gasteiger partial charge in [-0.15, -0.1) is 0 Å². The van der Waals surface area contributed by atoms with Gasteiger partial charge in [0, 0.05) is 19.0 Å². The molecule has 3 N–H and O–H groups in total. The first-order valence-electron chi connectivity index (χ1n) is 10.9. The van der Waals surface area contributed by atoms with Crippen molar-refractivity contribution in [2.45, 2.75) is 69.2 Å². The average Bonchev–Trinajstić information content (AvgIpc) is 2.86. The number of nitrogens with one attached hydrogen (secondary N) is 1. The Morgan fingerprint density at radius 1 is 1.07 bits per heavy atom. The first kappa shape index (κ1) is 22.9. The van der Waals surface area contributed by atoms with Gasteiger partial charge in [-0.05, 0) is 56.4 Å². The van der Waals surface area contributed by atoms with Crippen LogP contribution in [-0.4, -0.2) is 50.2 Å². The standard InChI is InChI=1S/C22H33N3O4S/c23-19-11-9-17(10-12-19)14-20(26)15-25-13-5-4-8-21(22(25)27)24-30(28,29)16-18-6-2-1-3-7-18/h1-3,6-7,17,19,21,24H,4-5,8-16,23H2/t17?,19?,21-/m0/s1. The number of benzene rings is 1. The molecule has 1 aliphatic heterocycles. The van der Waals surface area contributed by atoms with E-state index in [2.05, 4.69) is 4.72 Å². The van der Waals surface area contributed by atoms with Crippen molar-refractivity contribution in [2.75, 3.05) is 13.1 Å². The maximum absolute atomic E-state index is 13.0. The third-order valence-electron chi connectivity index (χ3n) is 6.08. The highest BCUT2D eigenvalue weighted by Gasteiger charge is 2.32. The van der Waals surface area contributed by atoms with E-state index >= 15 is 0 Å². The van der Waals surface area contributed by atoms with Crippen molar-refractivity contribution < 1.29 is 18.0 Å². The molecule has 1 aromatic rings. The number of carbonyl (C=O) groups is 2. The van der Waals surface area contributed by atoms with Crippen molar-refractivity contribution in [2.24, 2.45) is 11.7 Å². The van der Waals surface area contributed by atoms with Gasteiger partial charge < -0.3 is 10.6 Å². The summed E-state index contributed by atoms with van der Waals surface area (Å²) in [6.45, 7) is 0.565. The molecule has 1 amide bonds. The van der Waals surface area contributed by atoms with Crippen LogP contribution in [0.1, 0.15) is 56.9 Å². The summed E-state index contributed by atoms with van der Waals surface area (Å²) in [7, 11) is -3.66. The molecule has 1 aromatic carbocycles. The lowest BCUT2D eigenvalue weighted by Gasteiger charge is -2.27. The molecule has 3 rings (SSSR count). The van der Waals surface area contributed by atoms with Crippen LogP contribution in [0, 0.1) is 5.92 Å². The Bertz CT molecular complexity index is 820. The van der Waals surface area contributed by atoms with Crippen molar-refractivity contribution in [3.63, 3.8) is 0 Å². The SMILES string of the molecule is NC1CCC(CC(=O)CN2CCCC[C@H](NS(=O)(=O)Cc3ccccc3)C2=O)CC1. The van der Waals surface area contributed by atoms with E-state index in [0.29, 0.717) is 30.9 Å². The Morgan fingerprint density at radius 3 is 2.47 bits per heavy atom. The van der Waals surface area contributed by atoms with Crippen molar-refractivity contribution in [3.8, 4) is 0 Å². The molecule has 0 unspecified atom stereocenters. The molecule has 2 aliphatic rings. The molecule has 166 valence electrons. The molecule has 8 heteroatoms. The van der Waals surface area contributed by atoms with Crippen LogP contribution in [0.25, 0.3) is 0 Å². The third kappa shape index (κ3) is 6.89. The van der Waals surface area contributed by atoms with E-state index in [-0.39, 0.29) is 30.0 Å². The lowest BCUT2D eigenvalue weighted by Crippen LogP contribution is -2.49. The van der Waals surface area contributed by atoms with Crippen molar-refractivity contribution in [3.05, 3.63) is 35.9 Å². The molecule has 0 aromatic heterocycles. The van der Waals surface area contributed by atoms with Gasteiger partial charge in [-0.2, -0.15) is 0 Å². The van der Waals surface area contributed by atoms with Crippen LogP contribution in [0.4, 0.5) is 0 Å². The van der Waals surface area contributed by atoms with Crippen LogP contribution in [0.5, 0.6) is 0 Å². The van der Waals surface area contributed by atoms with Crippen molar-refractivity contribution in [1.29, 1.82) is 0 Å². The molecular weight excluding hydrogens is 402 g/mol. The first-order valence-corrected chi connectivity index (χ1v) is 12.6. The fourth-order valence-electron chi connectivity index (χ4n) is 4.42. The Labute approximate surface area is 179 Å². The Hall–Kier alpha value is -1.77. The second-order valence-corrected chi connectivity index (χ2v) is 10.4. The molecule has 7 nitrogen and oxygen atoms in total. The van der Waals surface area contributed by atoms with Gasteiger partial charge in [0.15, 0.2) is 5.78 Å². The quantitative estimate of drug-likeness (QED) is 0.649. The average molecular weight is 436 g/mol. The predicted molar refractivity (Wildman–Crippen MR) is 116 cm³/mol. The monoisotopic (exact) mass is 435 g/mol. The molecule has 0 bridgehead atoms. The number of Topliss-reactive ketones (excluding diaryl/α,β-unsaturated/α-hetero) is 1. The number of likely N-dealkylation sites (tertiary alicyclic amines) is 1. The van der Waals surface area contributed by atoms with E-state index in [4.69, 9.17) is 5.73 Å². The van der Waals surface area contributed by atoms with Gasteiger partial charge in [0.2, 0.25) is 15.9 Å². The topological polar surface area (TPSA) is 110 Å². The lowest BCUT2D eigenvalue weighted by molar-refractivity contribution is -0.136. The number of rotatable bonds is 8. The van der Waals surface area contributed by atoms with E-state index in [1.54, 1.807) is 29.2 Å². The van der Waals surface area contributed by atoms with Crippen molar-refractivity contribution in [1.82, 2.24) is 9.62 Å².